The SMILES string of the molecule is [2H]c1c([2H])c(-n2nc(C(N)=O)c3c2C(=O)N(c2c([2H])c([2H])c(N4CC([2H])([2H])C([2H])([2H])CC4=O)c([2H])c2[2H])CC3([2H])[2H])c([2H])c([2H])c1OC. The molecule has 2 N–H and O–H groups in total. The Morgan fingerprint density at radius 3 is 2.29 bits per heavy atom. The summed E-state index contributed by atoms with van der Waals surface area (Å²) >= 11 is 0. The fraction of sp³-hybridized carbons (Fsp3) is 0.280. The van der Waals surface area contributed by atoms with Gasteiger partial charge < -0.3 is 20.3 Å². The number of nitrogens with zero attached hydrogens (tertiary/aromatic N) is 4. The number of hydrogen-bond donors (Lipinski definition) is 1. The van der Waals surface area contributed by atoms with Crippen LogP contribution in [0, 0.1) is 0 Å². The number of ether oxygens (including phenoxy) is 1. The minimum atomic E-state index is -2.76. The maximum Gasteiger partial charge on any atom is 0.277 e. The molecule has 3 aromatic rings. The van der Waals surface area contributed by atoms with Gasteiger partial charge in [0, 0.05) is 44.7 Å². The molecule has 1 fully saturated rings. The van der Waals surface area contributed by atoms with Gasteiger partial charge in [0.05, 0.1) is 23.8 Å². The number of hydrogen-bond acceptors (Lipinski definition) is 5. The van der Waals surface area contributed by atoms with Crippen molar-refractivity contribution in [2.24, 2.45) is 5.73 Å². The van der Waals surface area contributed by atoms with Gasteiger partial charge in [-0.3, -0.25) is 14.4 Å². The third-order valence-corrected chi connectivity index (χ3v) is 5.03. The van der Waals surface area contributed by atoms with Gasteiger partial charge in [-0.1, -0.05) is 0 Å². The molecule has 0 saturated carbocycles. The van der Waals surface area contributed by atoms with Crippen molar-refractivity contribution in [1.29, 1.82) is 0 Å². The quantitative estimate of drug-likeness (QED) is 0.613. The second kappa shape index (κ2) is 8.66. The lowest BCUT2D eigenvalue weighted by atomic mass is 10.0. The van der Waals surface area contributed by atoms with Crippen LogP contribution in [0.4, 0.5) is 11.4 Å². The zero-order chi connectivity index (χ0) is 36.2. The first-order chi connectivity index (χ1) is 22.0. The summed E-state index contributed by atoms with van der Waals surface area (Å²) in [6.07, 6.45) is -8.98. The zero-order valence-corrected chi connectivity index (χ0v) is 17.6. The molecule has 9 nitrogen and oxygen atoms in total. The largest absolute Gasteiger partial charge is 0.497 e. The van der Waals surface area contributed by atoms with Crippen molar-refractivity contribution in [3.63, 3.8) is 0 Å². The molecule has 0 aliphatic carbocycles. The third kappa shape index (κ3) is 3.68. The number of carbonyl (C=O) groups is 3. The van der Waals surface area contributed by atoms with Crippen molar-refractivity contribution in [2.75, 3.05) is 30.0 Å². The molecule has 0 spiro atoms. The molecule has 5 rings (SSSR count). The number of rotatable bonds is 5. The Labute approximate surface area is 216 Å². The smallest absolute Gasteiger partial charge is 0.277 e. The third-order valence-electron chi connectivity index (χ3n) is 5.03. The summed E-state index contributed by atoms with van der Waals surface area (Å²) in [4.78, 5) is 40.6. The second-order valence-electron chi connectivity index (χ2n) is 7.01. The van der Waals surface area contributed by atoms with Crippen LogP contribution >= 0.6 is 0 Å². The lowest BCUT2D eigenvalue weighted by molar-refractivity contribution is -0.119. The predicted octanol–water partition coefficient (Wildman–Crippen LogP) is 2.70. The number of aromatic nitrogens is 2. The maximum atomic E-state index is 14.2. The first kappa shape index (κ1) is 10.9. The molecule has 1 saturated heterocycles. The van der Waals surface area contributed by atoms with E-state index in [0.717, 1.165) is 7.11 Å². The van der Waals surface area contributed by atoms with E-state index in [-0.39, 0.29) is 0 Å². The molecule has 34 heavy (non-hydrogen) atoms. The van der Waals surface area contributed by atoms with Gasteiger partial charge in [0.1, 0.15) is 11.4 Å². The van der Waals surface area contributed by atoms with E-state index in [9.17, 15) is 14.4 Å². The van der Waals surface area contributed by atoms with Crippen LogP contribution in [-0.4, -0.2) is 47.7 Å². The van der Waals surface area contributed by atoms with Crippen LogP contribution in [0.1, 0.15) is 64.9 Å². The fourth-order valence-corrected chi connectivity index (χ4v) is 3.39. The van der Waals surface area contributed by atoms with E-state index in [1.807, 2.05) is 0 Å². The Hall–Kier alpha value is -4.14. The van der Waals surface area contributed by atoms with Crippen LogP contribution in [0.3, 0.4) is 0 Å². The highest BCUT2D eigenvalue weighted by Crippen LogP contribution is 2.31. The number of nitrogens with two attached hydrogens (primary N) is 1. The van der Waals surface area contributed by atoms with Gasteiger partial charge in [-0.2, -0.15) is 5.10 Å². The zero-order valence-electron chi connectivity index (χ0n) is 31.6. The van der Waals surface area contributed by atoms with E-state index in [0.29, 0.717) is 14.5 Å². The molecule has 0 radical (unpaired) electrons. The number of methoxy groups -OCH3 is 1. The molecule has 0 atom stereocenters. The van der Waals surface area contributed by atoms with E-state index >= 15 is 0 Å². The Morgan fingerprint density at radius 1 is 1.00 bits per heavy atom. The summed E-state index contributed by atoms with van der Waals surface area (Å²) in [5, 5.41) is 3.91. The molecule has 3 heterocycles. The predicted molar refractivity (Wildman–Crippen MR) is 127 cm³/mol. The lowest BCUT2D eigenvalue weighted by Gasteiger charge is -2.29. The minimum Gasteiger partial charge on any atom is -0.497 e. The van der Waals surface area contributed by atoms with Gasteiger partial charge >= 0.3 is 0 Å². The monoisotopic (exact) mass is 473 g/mol. The van der Waals surface area contributed by atoms with E-state index < -0.39 is 144 Å². The van der Waals surface area contributed by atoms with Crippen molar-refractivity contribution >= 4 is 29.1 Å². The molecule has 2 aliphatic heterocycles. The molecule has 3 amide bonds. The van der Waals surface area contributed by atoms with Crippen molar-refractivity contribution in [1.82, 2.24) is 9.78 Å². The number of primary amides is 1. The fourth-order valence-electron chi connectivity index (χ4n) is 3.39. The number of anilines is 2. The van der Waals surface area contributed by atoms with Gasteiger partial charge in [-0.15, -0.1) is 0 Å². The summed E-state index contributed by atoms with van der Waals surface area (Å²) < 4.78 is 123. The number of carbonyl (C=O) groups excluding carboxylic acids is 3. The number of piperidine rings is 1. The number of amides is 3. The van der Waals surface area contributed by atoms with Gasteiger partial charge in [0.25, 0.3) is 11.8 Å². The van der Waals surface area contributed by atoms with E-state index in [4.69, 9.17) is 29.7 Å². The Balaban J connectivity index is 1.75. The van der Waals surface area contributed by atoms with E-state index in [1.54, 1.807) is 0 Å². The van der Waals surface area contributed by atoms with Crippen LogP contribution < -0.4 is 20.3 Å². The van der Waals surface area contributed by atoms with Crippen molar-refractivity contribution in [3.8, 4) is 11.4 Å². The molecule has 2 aliphatic rings. The topological polar surface area (TPSA) is 111 Å². The average molecular weight is 474 g/mol. The van der Waals surface area contributed by atoms with Gasteiger partial charge in [0.15, 0.2) is 5.69 Å². The summed E-state index contributed by atoms with van der Waals surface area (Å²) in [6.45, 7) is -1.98. The molecule has 174 valence electrons. The first-order valence-electron chi connectivity index (χ1n) is 16.8. The van der Waals surface area contributed by atoms with Gasteiger partial charge in [-0.05, 0) is 67.5 Å². The normalized spacial score (nSPS) is 26.3. The first-order valence-corrected chi connectivity index (χ1v) is 9.83. The molecule has 9 heteroatoms. The highest BCUT2D eigenvalue weighted by Gasteiger charge is 2.34. The van der Waals surface area contributed by atoms with Crippen LogP contribution in [0.5, 0.6) is 5.75 Å². The van der Waals surface area contributed by atoms with E-state index in [2.05, 4.69) is 5.10 Å². The Kier molecular flexibility index (Phi) is 2.77. The molecule has 1 aromatic heterocycles. The molecular weight excluding hydrogens is 434 g/mol. The van der Waals surface area contributed by atoms with Crippen molar-refractivity contribution in [2.45, 2.75) is 25.5 Å². The van der Waals surface area contributed by atoms with Gasteiger partial charge in [-0.25, -0.2) is 4.68 Å². The Morgan fingerprint density at radius 2 is 1.65 bits per heavy atom. The van der Waals surface area contributed by atoms with Crippen LogP contribution in [-0.2, 0) is 11.2 Å². The molecule has 2 aromatic carbocycles. The number of benzene rings is 2. The molecular formula is C25H25N5O4. The summed E-state index contributed by atoms with van der Waals surface area (Å²) in [7, 11) is 1.10. The Bertz CT molecular complexity index is 1910. The van der Waals surface area contributed by atoms with Crippen LogP contribution in [0.2, 0.25) is 0 Å². The number of fused-ring (bicyclic) bond motifs is 1. The van der Waals surface area contributed by atoms with Gasteiger partial charge in [0.2, 0.25) is 5.91 Å². The second-order valence-corrected chi connectivity index (χ2v) is 7.01. The highest BCUT2D eigenvalue weighted by molar-refractivity contribution is 6.09. The summed E-state index contributed by atoms with van der Waals surface area (Å²) in [5.41, 5.74) is 0.964. The van der Waals surface area contributed by atoms with Crippen LogP contribution in [0.15, 0.2) is 48.3 Å². The molecule has 0 bridgehead atoms. The average Bonchev–Trinajstić information content (AvgIpc) is 3.39. The maximum absolute atomic E-state index is 14.2. The summed E-state index contributed by atoms with van der Waals surface area (Å²) in [5.74, 6) is -4.10. The van der Waals surface area contributed by atoms with E-state index in [1.165, 1.54) is 0 Å². The summed E-state index contributed by atoms with van der Waals surface area (Å²) in [6, 6.07) is -6.81. The van der Waals surface area contributed by atoms with Crippen molar-refractivity contribution < 1.29 is 38.3 Å². The highest BCUT2D eigenvalue weighted by atomic mass is 16.5. The standard InChI is InChI=1S/C25H25N5O4/c1-34-19-11-9-18(10-12-19)30-23-20(22(27-30)24(26)32)13-15-29(25(23)33)17-7-5-16(6-8-17)28-14-3-2-4-21(28)31/h5-12H,2-4,13-15H2,1H3,(H2,26,32)/i2D2,3D2,5D,6D,7D,8D,9D,10D,11D,12D,13D2. The van der Waals surface area contributed by atoms with Crippen LogP contribution in [0.25, 0.3) is 5.69 Å². The van der Waals surface area contributed by atoms with Crippen molar-refractivity contribution in [3.05, 3.63) is 65.3 Å². The molecule has 0 unspecified atom stereocenters. The lowest BCUT2D eigenvalue weighted by Crippen LogP contribution is -2.39. The minimum absolute atomic E-state index is 0.465.